The monoisotopic (exact) mass is 415 g/mol. The maximum Gasteiger partial charge on any atom is 0.325 e. The van der Waals surface area contributed by atoms with Crippen molar-refractivity contribution in [2.75, 3.05) is 10.6 Å². The molecule has 3 aromatic rings. The second kappa shape index (κ2) is 9.29. The topological polar surface area (TPSA) is 96.0 Å². The van der Waals surface area contributed by atoms with Gasteiger partial charge in [0, 0.05) is 17.3 Å². The number of rotatable bonds is 6. The lowest BCUT2D eigenvalue weighted by Crippen LogP contribution is -2.24. The average molecular weight is 416 g/mol. The third-order valence-electron chi connectivity index (χ3n) is 3.85. The zero-order chi connectivity index (χ0) is 19.9. The second-order valence-electron chi connectivity index (χ2n) is 5.93. The van der Waals surface area contributed by atoms with Crippen LogP contribution in [0.3, 0.4) is 0 Å². The molecule has 0 saturated heterocycles. The molecular formula is C19H18ClN5O2S. The summed E-state index contributed by atoms with van der Waals surface area (Å²) in [5.74, 6) is -0.162. The van der Waals surface area contributed by atoms with E-state index in [0.717, 1.165) is 22.5 Å². The van der Waals surface area contributed by atoms with E-state index in [0.29, 0.717) is 27.4 Å². The SMILES string of the molecule is Cc1c(Cl)cccc1NC(=O)Nc1nnc(CC(=O)NCc2ccccc2)s1. The number of benzene rings is 2. The molecule has 3 N–H and O–H groups in total. The fourth-order valence-electron chi connectivity index (χ4n) is 2.37. The lowest BCUT2D eigenvalue weighted by molar-refractivity contribution is -0.120. The first kappa shape index (κ1) is 19.8. The van der Waals surface area contributed by atoms with Crippen molar-refractivity contribution >= 4 is 45.7 Å². The van der Waals surface area contributed by atoms with E-state index >= 15 is 0 Å². The molecule has 0 spiro atoms. The van der Waals surface area contributed by atoms with Crippen LogP contribution in [-0.2, 0) is 17.8 Å². The summed E-state index contributed by atoms with van der Waals surface area (Å²) in [6.07, 6.45) is 0.0984. The largest absolute Gasteiger partial charge is 0.352 e. The van der Waals surface area contributed by atoms with Crippen molar-refractivity contribution in [1.29, 1.82) is 0 Å². The van der Waals surface area contributed by atoms with E-state index < -0.39 is 6.03 Å². The van der Waals surface area contributed by atoms with Crippen molar-refractivity contribution in [3.63, 3.8) is 0 Å². The molecule has 0 aliphatic carbocycles. The summed E-state index contributed by atoms with van der Waals surface area (Å²) in [4.78, 5) is 24.2. The number of halogens is 1. The molecule has 0 bridgehead atoms. The van der Waals surface area contributed by atoms with E-state index in [9.17, 15) is 9.59 Å². The predicted molar refractivity (Wildman–Crippen MR) is 111 cm³/mol. The minimum Gasteiger partial charge on any atom is -0.352 e. The average Bonchev–Trinajstić information content (AvgIpc) is 3.11. The Morgan fingerprint density at radius 2 is 1.82 bits per heavy atom. The van der Waals surface area contributed by atoms with E-state index in [1.54, 1.807) is 18.2 Å². The number of urea groups is 1. The van der Waals surface area contributed by atoms with Crippen molar-refractivity contribution in [2.45, 2.75) is 19.9 Å². The third-order valence-corrected chi connectivity index (χ3v) is 5.10. The molecule has 0 aliphatic heterocycles. The number of hydrogen-bond acceptors (Lipinski definition) is 5. The van der Waals surface area contributed by atoms with Crippen molar-refractivity contribution in [3.8, 4) is 0 Å². The Morgan fingerprint density at radius 3 is 2.61 bits per heavy atom. The maximum atomic E-state index is 12.1. The van der Waals surface area contributed by atoms with Crippen LogP contribution in [0.1, 0.15) is 16.1 Å². The lowest BCUT2D eigenvalue weighted by Gasteiger charge is -2.09. The standard InChI is InChI=1S/C19H18ClN5O2S/c1-12-14(20)8-5-9-15(12)22-18(27)23-19-25-24-17(28-19)10-16(26)21-11-13-6-3-2-4-7-13/h2-9H,10-11H2,1H3,(H,21,26)(H2,22,23,25,27). The van der Waals surface area contributed by atoms with Crippen LogP contribution in [-0.4, -0.2) is 22.1 Å². The molecule has 0 fully saturated rings. The molecule has 3 amide bonds. The van der Waals surface area contributed by atoms with Gasteiger partial charge in [-0.05, 0) is 30.2 Å². The first-order valence-electron chi connectivity index (χ1n) is 8.47. The molecule has 1 aromatic heterocycles. The zero-order valence-electron chi connectivity index (χ0n) is 15.0. The lowest BCUT2D eigenvalue weighted by atomic mass is 10.2. The Morgan fingerprint density at radius 1 is 1.04 bits per heavy atom. The van der Waals surface area contributed by atoms with Crippen LogP contribution in [0.5, 0.6) is 0 Å². The predicted octanol–water partition coefficient (Wildman–Crippen LogP) is 4.00. The van der Waals surface area contributed by atoms with Crippen LogP contribution in [0.2, 0.25) is 5.02 Å². The van der Waals surface area contributed by atoms with Gasteiger partial charge in [-0.25, -0.2) is 4.79 Å². The van der Waals surface area contributed by atoms with Gasteiger partial charge in [0.25, 0.3) is 0 Å². The summed E-state index contributed by atoms with van der Waals surface area (Å²) in [7, 11) is 0. The molecule has 0 atom stereocenters. The molecule has 3 rings (SSSR count). The first-order chi connectivity index (χ1) is 13.5. The Labute approximate surface area is 171 Å². The number of aromatic nitrogens is 2. The number of carbonyl (C=O) groups is 2. The number of carbonyl (C=O) groups excluding carboxylic acids is 2. The van der Waals surface area contributed by atoms with Crippen molar-refractivity contribution in [1.82, 2.24) is 15.5 Å². The van der Waals surface area contributed by atoms with Crippen LogP contribution < -0.4 is 16.0 Å². The fraction of sp³-hybridized carbons (Fsp3) is 0.158. The first-order valence-corrected chi connectivity index (χ1v) is 9.67. The maximum absolute atomic E-state index is 12.1. The van der Waals surface area contributed by atoms with Gasteiger partial charge in [-0.1, -0.05) is 59.3 Å². The molecule has 0 radical (unpaired) electrons. The Hall–Kier alpha value is -2.97. The van der Waals surface area contributed by atoms with Crippen LogP contribution >= 0.6 is 22.9 Å². The third kappa shape index (κ3) is 5.51. The van der Waals surface area contributed by atoms with Gasteiger partial charge < -0.3 is 10.6 Å². The highest BCUT2D eigenvalue weighted by atomic mass is 35.5. The van der Waals surface area contributed by atoms with Gasteiger partial charge in [0.15, 0.2) is 0 Å². The molecule has 2 aromatic carbocycles. The summed E-state index contributed by atoms with van der Waals surface area (Å²) >= 11 is 7.19. The smallest absolute Gasteiger partial charge is 0.325 e. The van der Waals surface area contributed by atoms with E-state index in [4.69, 9.17) is 11.6 Å². The molecule has 0 aliphatic rings. The number of nitrogens with zero attached hydrogens (tertiary/aromatic N) is 2. The van der Waals surface area contributed by atoms with E-state index in [2.05, 4.69) is 26.1 Å². The van der Waals surface area contributed by atoms with Crippen LogP contribution in [0.15, 0.2) is 48.5 Å². The molecular weight excluding hydrogens is 398 g/mol. The van der Waals surface area contributed by atoms with Gasteiger partial charge in [0.2, 0.25) is 11.0 Å². The summed E-state index contributed by atoms with van der Waals surface area (Å²) in [5, 5.41) is 17.4. The Kier molecular flexibility index (Phi) is 6.57. The zero-order valence-corrected chi connectivity index (χ0v) is 16.6. The Balaban J connectivity index is 1.50. The van der Waals surface area contributed by atoms with Gasteiger partial charge in [-0.2, -0.15) is 0 Å². The molecule has 1 heterocycles. The summed E-state index contributed by atoms with van der Waals surface area (Å²) < 4.78 is 0. The van der Waals surface area contributed by atoms with E-state index in [1.165, 1.54) is 0 Å². The van der Waals surface area contributed by atoms with E-state index in [1.807, 2.05) is 37.3 Å². The second-order valence-corrected chi connectivity index (χ2v) is 7.40. The highest BCUT2D eigenvalue weighted by Crippen LogP contribution is 2.23. The van der Waals surface area contributed by atoms with Gasteiger partial charge >= 0.3 is 6.03 Å². The molecule has 9 heteroatoms. The minimum absolute atomic E-state index is 0.0984. The Bertz CT molecular complexity index is 977. The number of nitrogens with one attached hydrogen (secondary N) is 3. The van der Waals surface area contributed by atoms with Gasteiger partial charge in [0.1, 0.15) is 5.01 Å². The van der Waals surface area contributed by atoms with E-state index in [-0.39, 0.29) is 12.3 Å². The van der Waals surface area contributed by atoms with Crippen LogP contribution in [0, 0.1) is 6.92 Å². The molecule has 0 saturated carbocycles. The quantitative estimate of drug-likeness (QED) is 0.566. The van der Waals surface area contributed by atoms with Gasteiger partial charge in [-0.3, -0.25) is 10.1 Å². The highest BCUT2D eigenvalue weighted by molar-refractivity contribution is 7.15. The van der Waals surface area contributed by atoms with Crippen molar-refractivity contribution in [2.24, 2.45) is 0 Å². The molecule has 0 unspecified atom stereocenters. The fourth-order valence-corrected chi connectivity index (χ4v) is 3.27. The van der Waals surface area contributed by atoms with Crippen LogP contribution in [0.25, 0.3) is 0 Å². The summed E-state index contributed by atoms with van der Waals surface area (Å²) in [5.41, 5.74) is 2.39. The highest BCUT2D eigenvalue weighted by Gasteiger charge is 2.12. The van der Waals surface area contributed by atoms with Gasteiger partial charge in [-0.15, -0.1) is 10.2 Å². The normalized spacial score (nSPS) is 10.4. The number of anilines is 2. The summed E-state index contributed by atoms with van der Waals surface area (Å²) in [6.45, 7) is 2.26. The van der Waals surface area contributed by atoms with Crippen LogP contribution in [0.4, 0.5) is 15.6 Å². The molecule has 144 valence electrons. The van der Waals surface area contributed by atoms with Crippen molar-refractivity contribution in [3.05, 3.63) is 69.7 Å². The minimum atomic E-state index is -0.457. The molecule has 7 nitrogen and oxygen atoms in total. The molecule has 28 heavy (non-hydrogen) atoms. The number of hydrogen-bond donors (Lipinski definition) is 3. The summed E-state index contributed by atoms with van der Waals surface area (Å²) in [6, 6.07) is 14.4. The number of amides is 3. The van der Waals surface area contributed by atoms with Crippen molar-refractivity contribution < 1.29 is 9.59 Å². The van der Waals surface area contributed by atoms with Gasteiger partial charge in [0.05, 0.1) is 6.42 Å².